The van der Waals surface area contributed by atoms with E-state index in [2.05, 4.69) is 10.7 Å². The molecule has 4 N–H and O–H groups in total. The lowest BCUT2D eigenvalue weighted by Crippen LogP contribution is -2.55. The number of hydrogen-bond acceptors (Lipinski definition) is 5. The zero-order chi connectivity index (χ0) is 23.3. The van der Waals surface area contributed by atoms with Crippen molar-refractivity contribution in [2.75, 3.05) is 13.2 Å². The van der Waals surface area contributed by atoms with Gasteiger partial charge in [-0.3, -0.25) is 24.8 Å². The van der Waals surface area contributed by atoms with E-state index in [4.69, 9.17) is 10.5 Å². The van der Waals surface area contributed by atoms with Crippen LogP contribution in [0.4, 0.5) is 9.18 Å². The van der Waals surface area contributed by atoms with Crippen LogP contribution in [0.5, 0.6) is 0 Å². The molecule has 1 aromatic rings. The number of benzene rings is 1. The van der Waals surface area contributed by atoms with E-state index in [-0.39, 0.29) is 25.5 Å². The van der Waals surface area contributed by atoms with E-state index >= 15 is 0 Å². The fourth-order valence-electron chi connectivity index (χ4n) is 3.64. The molecule has 0 aliphatic heterocycles. The highest BCUT2D eigenvalue weighted by molar-refractivity contribution is 5.88. The van der Waals surface area contributed by atoms with E-state index in [9.17, 15) is 23.6 Å². The predicted octanol–water partition coefficient (Wildman–Crippen LogP) is 1.96. The zero-order valence-corrected chi connectivity index (χ0v) is 18.1. The summed E-state index contributed by atoms with van der Waals surface area (Å²) in [5.74, 6) is -2.16. The topological polar surface area (TPSA) is 131 Å². The number of hydrazine groups is 1. The molecule has 1 atom stereocenters. The molecule has 32 heavy (non-hydrogen) atoms. The number of primary amides is 1. The Kier molecular flexibility index (Phi) is 10.4. The van der Waals surface area contributed by atoms with E-state index in [0.29, 0.717) is 6.42 Å². The number of alkyl carbamates (subject to hydrolysis) is 1. The van der Waals surface area contributed by atoms with Gasteiger partial charge >= 0.3 is 6.09 Å². The molecular formula is C22H31FN4O5. The molecular weight excluding hydrogens is 419 g/mol. The first-order chi connectivity index (χ1) is 15.4. The molecule has 0 radical (unpaired) electrons. The highest BCUT2D eigenvalue weighted by atomic mass is 19.1. The number of carbonyl (C=O) groups is 4. The molecule has 1 unspecified atom stereocenters. The first-order valence-corrected chi connectivity index (χ1v) is 10.8. The van der Waals surface area contributed by atoms with Crippen LogP contribution in [0.1, 0.15) is 50.5 Å². The van der Waals surface area contributed by atoms with Gasteiger partial charge in [0.2, 0.25) is 5.91 Å². The van der Waals surface area contributed by atoms with Crippen LogP contribution in [0.3, 0.4) is 0 Å². The molecule has 2 rings (SSSR count). The van der Waals surface area contributed by atoms with Crippen LogP contribution in [0.2, 0.25) is 0 Å². The van der Waals surface area contributed by atoms with Gasteiger partial charge in [0.05, 0.1) is 6.54 Å². The molecule has 1 aliphatic carbocycles. The third kappa shape index (κ3) is 8.91. The van der Waals surface area contributed by atoms with Crippen LogP contribution in [-0.4, -0.2) is 48.1 Å². The number of alkyl halides is 1. The van der Waals surface area contributed by atoms with Crippen molar-refractivity contribution in [3.05, 3.63) is 35.9 Å². The first kappa shape index (κ1) is 25.1. The monoisotopic (exact) mass is 450 g/mol. The second-order valence-electron chi connectivity index (χ2n) is 7.87. The molecule has 9 nitrogen and oxygen atoms in total. The van der Waals surface area contributed by atoms with Gasteiger partial charge in [-0.1, -0.05) is 62.4 Å². The van der Waals surface area contributed by atoms with Gasteiger partial charge in [0, 0.05) is 6.42 Å². The van der Waals surface area contributed by atoms with Gasteiger partial charge in [-0.05, 0) is 17.9 Å². The van der Waals surface area contributed by atoms with E-state index in [1.165, 1.54) is 0 Å². The molecule has 1 aliphatic rings. The summed E-state index contributed by atoms with van der Waals surface area (Å²) in [4.78, 5) is 48.1. The predicted molar refractivity (Wildman–Crippen MR) is 114 cm³/mol. The summed E-state index contributed by atoms with van der Waals surface area (Å²) in [5, 5.41) is 3.29. The third-order valence-electron chi connectivity index (χ3n) is 5.36. The smallest absolute Gasteiger partial charge is 0.408 e. The molecule has 4 amide bonds. The number of rotatable bonds is 10. The van der Waals surface area contributed by atoms with E-state index in [1.54, 1.807) is 12.1 Å². The number of nitrogens with one attached hydrogen (secondary N) is 2. The van der Waals surface area contributed by atoms with E-state index in [1.807, 2.05) is 18.2 Å². The van der Waals surface area contributed by atoms with Gasteiger partial charge in [-0.15, -0.1) is 0 Å². The summed E-state index contributed by atoms with van der Waals surface area (Å²) in [6, 6.07) is 8.11. The lowest BCUT2D eigenvalue weighted by molar-refractivity contribution is -0.143. The fourth-order valence-corrected chi connectivity index (χ4v) is 3.64. The van der Waals surface area contributed by atoms with Gasteiger partial charge in [-0.2, -0.15) is 0 Å². The summed E-state index contributed by atoms with van der Waals surface area (Å²) < 4.78 is 18.1. The van der Waals surface area contributed by atoms with Crippen molar-refractivity contribution in [1.29, 1.82) is 0 Å². The normalized spacial score (nSPS) is 14.8. The standard InChI is InChI=1S/C22H31FN4O5/c23-14-20(29)27(12-11-19(24)28)26-21(30)18(13-16-7-3-1-4-8-16)25-22(31)32-15-17-9-5-2-6-10-17/h2,5-6,9-10,16,18H,1,3-4,7-8,11-15H2,(H2,24,28)(H,25,31)(H,26,30). The minimum atomic E-state index is -1.35. The Morgan fingerprint density at radius 3 is 2.44 bits per heavy atom. The molecule has 10 heteroatoms. The number of amides is 4. The maximum Gasteiger partial charge on any atom is 0.408 e. The Labute approximate surface area is 186 Å². The number of nitrogens with zero attached hydrogens (tertiary/aromatic N) is 1. The highest BCUT2D eigenvalue weighted by Gasteiger charge is 2.28. The minimum absolute atomic E-state index is 0.0372. The van der Waals surface area contributed by atoms with Crippen molar-refractivity contribution in [2.45, 2.75) is 57.6 Å². The number of carbonyl (C=O) groups excluding carboxylic acids is 4. The zero-order valence-electron chi connectivity index (χ0n) is 18.1. The van der Waals surface area contributed by atoms with Crippen molar-refractivity contribution in [1.82, 2.24) is 15.8 Å². The Morgan fingerprint density at radius 1 is 1.12 bits per heavy atom. The average molecular weight is 451 g/mol. The summed E-state index contributed by atoms with van der Waals surface area (Å²) in [6.45, 7) is -1.58. The van der Waals surface area contributed by atoms with Crippen LogP contribution < -0.4 is 16.5 Å². The Morgan fingerprint density at radius 2 is 1.81 bits per heavy atom. The summed E-state index contributed by atoms with van der Waals surface area (Å²) >= 11 is 0. The van der Waals surface area contributed by atoms with Crippen molar-refractivity contribution in [3.63, 3.8) is 0 Å². The van der Waals surface area contributed by atoms with Gasteiger partial charge in [0.1, 0.15) is 12.6 Å². The van der Waals surface area contributed by atoms with Crippen LogP contribution in [0.15, 0.2) is 30.3 Å². The van der Waals surface area contributed by atoms with Crippen LogP contribution >= 0.6 is 0 Å². The van der Waals surface area contributed by atoms with Crippen LogP contribution in [-0.2, 0) is 25.7 Å². The molecule has 1 saturated carbocycles. The van der Waals surface area contributed by atoms with Crippen LogP contribution in [0, 0.1) is 5.92 Å². The number of ether oxygens (including phenoxy) is 1. The average Bonchev–Trinajstić information content (AvgIpc) is 2.80. The quantitative estimate of drug-likeness (QED) is 0.469. The molecule has 0 aromatic heterocycles. The number of halogens is 1. The molecule has 0 saturated heterocycles. The summed E-state index contributed by atoms with van der Waals surface area (Å²) in [6.07, 6.45) is 4.42. The molecule has 0 bridgehead atoms. The van der Waals surface area contributed by atoms with Gasteiger partial charge in [-0.25, -0.2) is 9.18 Å². The third-order valence-corrected chi connectivity index (χ3v) is 5.36. The lowest BCUT2D eigenvalue weighted by Gasteiger charge is -2.29. The minimum Gasteiger partial charge on any atom is -0.445 e. The van der Waals surface area contributed by atoms with E-state index < -0.39 is 36.5 Å². The van der Waals surface area contributed by atoms with Gasteiger partial charge in [0.25, 0.3) is 11.8 Å². The summed E-state index contributed by atoms with van der Waals surface area (Å²) in [7, 11) is 0. The second kappa shape index (κ2) is 13.3. The molecule has 1 aromatic carbocycles. The van der Waals surface area contributed by atoms with Gasteiger partial charge in [0.15, 0.2) is 6.67 Å². The maximum atomic E-state index is 12.9. The first-order valence-electron chi connectivity index (χ1n) is 10.8. The van der Waals surface area contributed by atoms with Crippen LogP contribution in [0.25, 0.3) is 0 Å². The Hall–Kier alpha value is -3.17. The lowest BCUT2D eigenvalue weighted by atomic mass is 9.84. The van der Waals surface area contributed by atoms with Crippen molar-refractivity contribution in [2.24, 2.45) is 11.7 Å². The molecule has 0 heterocycles. The highest BCUT2D eigenvalue weighted by Crippen LogP contribution is 2.27. The largest absolute Gasteiger partial charge is 0.445 e. The van der Waals surface area contributed by atoms with E-state index in [0.717, 1.165) is 42.7 Å². The SMILES string of the molecule is NC(=O)CCN(NC(=O)C(CC1CCCCC1)NC(=O)OCc1ccccc1)C(=O)CF. The maximum absolute atomic E-state index is 12.9. The van der Waals surface area contributed by atoms with Crippen molar-refractivity contribution < 1.29 is 28.3 Å². The summed E-state index contributed by atoms with van der Waals surface area (Å²) in [5.41, 5.74) is 8.20. The van der Waals surface area contributed by atoms with Crippen molar-refractivity contribution in [3.8, 4) is 0 Å². The van der Waals surface area contributed by atoms with Gasteiger partial charge < -0.3 is 15.8 Å². The molecule has 1 fully saturated rings. The fraction of sp³-hybridized carbons (Fsp3) is 0.545. The molecule has 176 valence electrons. The Bertz CT molecular complexity index is 771. The van der Waals surface area contributed by atoms with Crippen molar-refractivity contribution >= 4 is 23.8 Å². The second-order valence-corrected chi connectivity index (χ2v) is 7.87. The Balaban J connectivity index is 2.02. The number of hydrogen-bond donors (Lipinski definition) is 3. The number of nitrogens with two attached hydrogens (primary N) is 1. The molecule has 0 spiro atoms.